The molecule has 0 aromatic heterocycles. The molecule has 1 aliphatic rings. The molecule has 0 bridgehead atoms. The van der Waals surface area contributed by atoms with Crippen LogP contribution in [0.1, 0.15) is 102 Å². The lowest BCUT2D eigenvalue weighted by molar-refractivity contribution is -0.142. The molecule has 3 aromatic rings. The van der Waals surface area contributed by atoms with Crippen molar-refractivity contribution in [3.05, 3.63) is 89.0 Å². The minimum Gasteiger partial charge on any atom is -0.480 e. The van der Waals surface area contributed by atoms with Crippen molar-refractivity contribution >= 4 is 75.2 Å². The molecule has 422 valence electrons. The lowest BCUT2D eigenvalue weighted by atomic mass is 10.0. The average molecular weight is 1090 g/mol. The van der Waals surface area contributed by atoms with Gasteiger partial charge in [0.15, 0.2) is 5.96 Å². The van der Waals surface area contributed by atoms with Crippen LogP contribution in [0.15, 0.2) is 81.6 Å². The Morgan fingerprint density at radius 3 is 1.65 bits per heavy atom. The number of hydrogen-bond donors (Lipinski definition) is 9. The number of aryl methyl sites for hydroxylation is 2. The van der Waals surface area contributed by atoms with Gasteiger partial charge in [0.25, 0.3) is 0 Å². The molecular weight excluding hydrogens is 1020 g/mol. The number of alkyl carbamates (subject to hydrolysis) is 2. The summed E-state index contributed by atoms with van der Waals surface area (Å²) in [7, 11) is -2.67. The van der Waals surface area contributed by atoms with Gasteiger partial charge in [-0.05, 0) is 146 Å². The smallest absolute Gasteiger partial charge is 0.414 e. The number of hydrogen-bond acceptors (Lipinski definition) is 15. The summed E-state index contributed by atoms with van der Waals surface area (Å²) in [6.45, 7) is 14.5. The average Bonchev–Trinajstić information content (AvgIpc) is 3.83. The van der Waals surface area contributed by atoms with E-state index >= 15 is 0 Å². The quantitative estimate of drug-likeness (QED) is 0.0253. The zero-order valence-electron chi connectivity index (χ0n) is 45.2. The predicted molar refractivity (Wildman–Crippen MR) is 290 cm³/mol. The van der Waals surface area contributed by atoms with Gasteiger partial charge in [0, 0.05) is 50.3 Å². The zero-order chi connectivity index (χ0) is 57.7. The summed E-state index contributed by atoms with van der Waals surface area (Å²) < 4.78 is 42.9. The number of nitrogens with one attached hydrogen (secondary N) is 5. The fourth-order valence-electron chi connectivity index (χ4n) is 7.38. The first-order valence-electron chi connectivity index (χ1n) is 24.8. The van der Waals surface area contributed by atoms with Gasteiger partial charge in [-0.2, -0.15) is 4.31 Å². The maximum absolute atomic E-state index is 13.4. The standard InChI is InChI=1S/C27H36N6O6S.C25H39N5O7/c1-17-13-18(2)15-21(14-17)40(38,39)33-12-4-5-23(33)25(35)32-22(26(36)37)16-19-7-9-20(10-8-19)31-24(34)6-3-11-30-27(28)29;1-24(2,3)36-22(33)29-21(30-23(34)37-25(4,5)6)27-14-8-9-19(31)28-17-12-10-16(11-13-17)15-18(26)20(32)35-7/h7-10,13-15,22-23H,3-6,11-12,16H2,1-2H3,(H,31,34)(H,32,35)(H,36,37)(H4,28,29,30);10-13,18H,8-9,14-15,26H2,1-7H3,(H,28,31)(H2,27,29,30,33,34)/t22-,23-;18-/m00/s1. The highest BCUT2D eigenvalue weighted by molar-refractivity contribution is 7.89. The van der Waals surface area contributed by atoms with Crippen LogP contribution in [0.3, 0.4) is 0 Å². The van der Waals surface area contributed by atoms with Crippen LogP contribution in [-0.4, -0.2) is 128 Å². The first kappa shape index (κ1) is 63.7. The van der Waals surface area contributed by atoms with Crippen LogP contribution in [0.4, 0.5) is 21.0 Å². The number of nitrogens with zero attached hydrogens (tertiary/aromatic N) is 3. The number of rotatable bonds is 20. The molecule has 25 heteroatoms. The van der Waals surface area contributed by atoms with Crippen molar-refractivity contribution in [2.24, 2.45) is 27.2 Å². The molecule has 0 radical (unpaired) electrons. The largest absolute Gasteiger partial charge is 0.480 e. The van der Waals surface area contributed by atoms with E-state index in [1.165, 1.54) is 7.11 Å². The van der Waals surface area contributed by atoms with Crippen LogP contribution in [0.2, 0.25) is 0 Å². The molecule has 4 rings (SSSR count). The Labute approximate surface area is 449 Å². The van der Waals surface area contributed by atoms with Crippen molar-refractivity contribution in [2.75, 3.05) is 37.4 Å². The summed E-state index contributed by atoms with van der Waals surface area (Å²) in [6, 6.07) is 15.5. The maximum Gasteiger partial charge on any atom is 0.414 e. The van der Waals surface area contributed by atoms with Crippen molar-refractivity contribution in [3.8, 4) is 0 Å². The normalized spacial score (nSPS) is 14.2. The van der Waals surface area contributed by atoms with Gasteiger partial charge in [0.2, 0.25) is 33.7 Å². The van der Waals surface area contributed by atoms with Crippen molar-refractivity contribution in [3.63, 3.8) is 0 Å². The van der Waals surface area contributed by atoms with Gasteiger partial charge in [-0.15, -0.1) is 0 Å². The number of carbonyl (C=O) groups is 7. The summed E-state index contributed by atoms with van der Waals surface area (Å²) >= 11 is 0. The number of sulfonamides is 1. The van der Waals surface area contributed by atoms with Gasteiger partial charge < -0.3 is 52.5 Å². The molecule has 0 unspecified atom stereocenters. The number of ether oxygens (including phenoxy) is 3. The Morgan fingerprint density at radius 1 is 0.740 bits per heavy atom. The number of esters is 1. The van der Waals surface area contributed by atoms with Gasteiger partial charge in [0.1, 0.15) is 29.3 Å². The number of amides is 5. The number of aliphatic imine (C=N–C) groups is 2. The van der Waals surface area contributed by atoms with Gasteiger partial charge in [-0.25, -0.2) is 22.8 Å². The third-order valence-corrected chi connectivity index (χ3v) is 12.6. The Morgan fingerprint density at radius 2 is 1.21 bits per heavy atom. The van der Waals surface area contributed by atoms with Crippen molar-refractivity contribution in [2.45, 2.75) is 141 Å². The maximum atomic E-state index is 13.4. The molecule has 0 aliphatic carbocycles. The summed E-state index contributed by atoms with van der Waals surface area (Å²) in [5.74, 6) is -3.03. The number of benzene rings is 3. The van der Waals surface area contributed by atoms with E-state index in [0.717, 1.165) is 21.0 Å². The molecule has 77 heavy (non-hydrogen) atoms. The molecule has 1 aliphatic heterocycles. The molecule has 1 fully saturated rings. The fourth-order valence-corrected chi connectivity index (χ4v) is 9.23. The van der Waals surface area contributed by atoms with Gasteiger partial charge in [0.05, 0.1) is 12.0 Å². The number of methoxy groups -OCH3 is 1. The van der Waals surface area contributed by atoms with E-state index in [9.17, 15) is 47.1 Å². The summed E-state index contributed by atoms with van der Waals surface area (Å²) in [5.41, 5.74) is 18.9. The number of carboxylic acid groups (broad SMARTS) is 1. The molecule has 3 aromatic carbocycles. The van der Waals surface area contributed by atoms with Crippen LogP contribution >= 0.6 is 0 Å². The van der Waals surface area contributed by atoms with E-state index in [1.54, 1.807) is 116 Å². The van der Waals surface area contributed by atoms with Crippen LogP contribution in [0, 0.1) is 13.8 Å². The van der Waals surface area contributed by atoms with E-state index < -0.39 is 69.4 Å². The monoisotopic (exact) mass is 1090 g/mol. The number of nitrogens with two attached hydrogens (primary N) is 3. The number of carboxylic acids is 1. The second-order valence-electron chi connectivity index (χ2n) is 20.0. The molecule has 3 atom stereocenters. The van der Waals surface area contributed by atoms with E-state index in [-0.39, 0.29) is 61.0 Å². The molecule has 5 amide bonds. The zero-order valence-corrected chi connectivity index (χ0v) is 46.0. The summed E-state index contributed by atoms with van der Waals surface area (Å²) in [4.78, 5) is 93.3. The van der Waals surface area contributed by atoms with E-state index in [2.05, 4.69) is 41.3 Å². The summed E-state index contributed by atoms with van der Waals surface area (Å²) in [5, 5.41) is 22.6. The van der Waals surface area contributed by atoms with Crippen LogP contribution in [-0.2, 0) is 61.0 Å². The number of anilines is 2. The molecule has 24 nitrogen and oxygen atoms in total. The second-order valence-corrected chi connectivity index (χ2v) is 21.9. The molecule has 1 heterocycles. The van der Waals surface area contributed by atoms with Gasteiger partial charge in [-0.3, -0.25) is 39.8 Å². The molecule has 1 saturated heterocycles. The van der Waals surface area contributed by atoms with E-state index in [0.29, 0.717) is 55.6 Å². The van der Waals surface area contributed by atoms with Crippen molar-refractivity contribution in [1.82, 2.24) is 20.3 Å². The Hall–Kier alpha value is -7.64. The molecule has 0 spiro atoms. The Balaban J connectivity index is 0.000000407. The number of aliphatic carboxylic acids is 1. The van der Waals surface area contributed by atoms with Crippen LogP contribution < -0.4 is 43.8 Å². The highest BCUT2D eigenvalue weighted by Crippen LogP contribution is 2.28. The van der Waals surface area contributed by atoms with Gasteiger partial charge >= 0.3 is 24.1 Å². The highest BCUT2D eigenvalue weighted by atomic mass is 32.2. The molecule has 12 N–H and O–H groups in total. The molecule has 0 saturated carbocycles. The van der Waals surface area contributed by atoms with E-state index in [4.69, 9.17) is 26.7 Å². The minimum atomic E-state index is -3.95. The SMILES string of the molecule is COC(=O)[C@@H](N)Cc1ccc(NC(=O)CCCN=C(NC(=O)OC(C)(C)C)NC(=O)OC(C)(C)C)cc1.Cc1cc(C)cc(S(=O)(=O)N2CCC[C@H]2C(=O)N[C@@H](Cc2ccc(NC(=O)CCCN=C(N)N)cc2)C(=O)O)c1. The van der Waals surface area contributed by atoms with Gasteiger partial charge in [-0.1, -0.05) is 30.3 Å². The van der Waals surface area contributed by atoms with Crippen molar-refractivity contribution in [1.29, 1.82) is 0 Å². The predicted octanol–water partition coefficient (Wildman–Crippen LogP) is 4.11. The van der Waals surface area contributed by atoms with Crippen molar-refractivity contribution < 1.29 is 61.3 Å². The van der Waals surface area contributed by atoms with Crippen LogP contribution in [0.25, 0.3) is 0 Å². The number of carbonyl (C=O) groups excluding carboxylic acids is 6. The van der Waals surface area contributed by atoms with E-state index in [1.807, 2.05) is 6.07 Å². The second kappa shape index (κ2) is 29.6. The topological polar surface area (TPSA) is 368 Å². The Kier molecular flexibility index (Phi) is 24.5. The fraction of sp³-hybridized carbons (Fsp3) is 0.481. The molecular formula is C52H75N11O13S. The minimum absolute atomic E-state index is 0.0235. The Bertz CT molecular complexity index is 2650. The lowest BCUT2D eigenvalue weighted by Gasteiger charge is -2.25. The highest BCUT2D eigenvalue weighted by Gasteiger charge is 2.40. The lowest BCUT2D eigenvalue weighted by Crippen LogP contribution is -2.51. The third-order valence-electron chi connectivity index (χ3n) is 10.7. The third kappa shape index (κ3) is 23.8. The first-order valence-corrected chi connectivity index (χ1v) is 26.2. The summed E-state index contributed by atoms with van der Waals surface area (Å²) in [6.07, 6.45) is 0.671. The van der Waals surface area contributed by atoms with Crippen LogP contribution in [0.5, 0.6) is 0 Å². The first-order chi connectivity index (χ1) is 35.9. The number of guanidine groups is 2.